The molecule has 24 heavy (non-hydrogen) atoms. The van der Waals surface area contributed by atoms with Crippen molar-refractivity contribution in [2.24, 2.45) is 0 Å². The molecule has 0 saturated heterocycles. The van der Waals surface area contributed by atoms with Crippen molar-refractivity contribution in [2.75, 3.05) is 5.32 Å². The molecule has 0 aliphatic carbocycles. The molecule has 1 N–H and O–H groups in total. The molecule has 118 valence electrons. The van der Waals surface area contributed by atoms with E-state index in [1.165, 1.54) is 0 Å². The first-order valence-electron chi connectivity index (χ1n) is 7.61. The van der Waals surface area contributed by atoms with E-state index in [4.69, 9.17) is 11.6 Å². The lowest BCUT2D eigenvalue weighted by Gasteiger charge is -2.09. The maximum atomic E-state index is 12.9. The van der Waals surface area contributed by atoms with Gasteiger partial charge in [0.25, 0.3) is 0 Å². The molecule has 0 unspecified atom stereocenters. The molecule has 0 heterocycles. The van der Waals surface area contributed by atoms with E-state index in [0.29, 0.717) is 16.2 Å². The van der Waals surface area contributed by atoms with Crippen LogP contribution in [0.5, 0.6) is 0 Å². The number of allylic oxidation sites excluding steroid dienone is 1. The minimum Gasteiger partial charge on any atom is -0.361 e. The van der Waals surface area contributed by atoms with Crippen LogP contribution in [0.1, 0.15) is 15.9 Å². The summed E-state index contributed by atoms with van der Waals surface area (Å²) in [7, 11) is 0. The molecule has 3 aromatic rings. The molecule has 2 nitrogen and oxygen atoms in total. The number of carbonyl (C=O) groups is 1. The van der Waals surface area contributed by atoms with Crippen LogP contribution in [0.3, 0.4) is 0 Å². The predicted octanol–water partition coefficient (Wildman–Crippen LogP) is 5.68. The number of hydrogen-bond donors (Lipinski definition) is 1. The fourth-order valence-corrected chi connectivity index (χ4v) is 2.47. The van der Waals surface area contributed by atoms with Crippen molar-refractivity contribution in [3.63, 3.8) is 0 Å². The van der Waals surface area contributed by atoms with Crippen molar-refractivity contribution < 1.29 is 4.79 Å². The van der Waals surface area contributed by atoms with E-state index in [9.17, 15) is 4.79 Å². The molecule has 0 bridgehead atoms. The number of carbonyl (C=O) groups excluding carboxylic acids is 1. The third-order valence-electron chi connectivity index (χ3n) is 3.59. The normalized spacial score (nSPS) is 11.1. The number of anilines is 1. The Balaban J connectivity index is 1.94. The molecular formula is C21H16ClNO. The lowest BCUT2D eigenvalue weighted by Crippen LogP contribution is -2.05. The zero-order valence-electron chi connectivity index (χ0n) is 12.9. The molecule has 0 spiro atoms. The Morgan fingerprint density at radius 3 is 1.88 bits per heavy atom. The fraction of sp³-hybridized carbons (Fsp3) is 0. The molecule has 3 rings (SSSR count). The van der Waals surface area contributed by atoms with E-state index in [1.807, 2.05) is 72.8 Å². The van der Waals surface area contributed by atoms with Crippen LogP contribution in [0.4, 0.5) is 5.69 Å². The van der Waals surface area contributed by atoms with Gasteiger partial charge in [0.05, 0.1) is 0 Å². The predicted molar refractivity (Wildman–Crippen MR) is 100 cm³/mol. The summed E-state index contributed by atoms with van der Waals surface area (Å²) in [6, 6.07) is 26.2. The van der Waals surface area contributed by atoms with E-state index >= 15 is 0 Å². The highest BCUT2D eigenvalue weighted by atomic mass is 35.5. The number of Topliss-reactive ketones (excluding diaryl/α,β-unsaturated/α-hetero) is 1. The Kier molecular flexibility index (Phi) is 5.09. The summed E-state index contributed by atoms with van der Waals surface area (Å²) in [6.45, 7) is 0. The Hall–Kier alpha value is -2.84. The molecule has 0 fully saturated rings. The smallest absolute Gasteiger partial charge is 0.195 e. The van der Waals surface area contributed by atoms with Gasteiger partial charge < -0.3 is 5.32 Å². The van der Waals surface area contributed by atoms with Gasteiger partial charge in [0.15, 0.2) is 5.78 Å². The quantitative estimate of drug-likeness (QED) is 0.481. The van der Waals surface area contributed by atoms with Gasteiger partial charge in [-0.05, 0) is 29.8 Å². The maximum Gasteiger partial charge on any atom is 0.195 e. The van der Waals surface area contributed by atoms with Gasteiger partial charge >= 0.3 is 0 Å². The van der Waals surface area contributed by atoms with Gasteiger partial charge in [0.1, 0.15) is 0 Å². The Labute approximate surface area is 146 Å². The first-order valence-corrected chi connectivity index (χ1v) is 7.99. The Morgan fingerprint density at radius 1 is 0.750 bits per heavy atom. The average Bonchev–Trinajstić information content (AvgIpc) is 2.65. The van der Waals surface area contributed by atoms with Crippen molar-refractivity contribution in [3.8, 4) is 0 Å². The largest absolute Gasteiger partial charge is 0.361 e. The summed E-state index contributed by atoms with van der Waals surface area (Å²) in [5.41, 5.74) is 3.00. The third-order valence-corrected chi connectivity index (χ3v) is 3.84. The Morgan fingerprint density at radius 2 is 1.29 bits per heavy atom. The van der Waals surface area contributed by atoms with Crippen LogP contribution >= 0.6 is 11.6 Å². The van der Waals surface area contributed by atoms with Gasteiger partial charge in [-0.3, -0.25) is 4.79 Å². The van der Waals surface area contributed by atoms with Gasteiger partial charge in [-0.2, -0.15) is 0 Å². The summed E-state index contributed by atoms with van der Waals surface area (Å²) in [5, 5.41) is 3.85. The summed E-state index contributed by atoms with van der Waals surface area (Å²) in [4.78, 5) is 12.9. The number of halogens is 1. The van der Waals surface area contributed by atoms with Crippen LogP contribution in [0.15, 0.2) is 91.1 Å². The standard InChI is InChI=1S/C21H16ClNO/c22-18-11-13-19(14-12-18)23-15-20(16-7-3-1-4-8-16)21(24)17-9-5-2-6-10-17/h1-15,23H/b20-15+. The Bertz CT molecular complexity index is 840. The second kappa shape index (κ2) is 7.62. The summed E-state index contributed by atoms with van der Waals surface area (Å²) in [6.07, 6.45) is 1.74. The topological polar surface area (TPSA) is 29.1 Å². The SMILES string of the molecule is O=C(/C(=C/Nc1ccc(Cl)cc1)c1ccccc1)c1ccccc1. The molecule has 0 aliphatic heterocycles. The van der Waals surface area contributed by atoms with E-state index < -0.39 is 0 Å². The summed E-state index contributed by atoms with van der Waals surface area (Å²) >= 11 is 5.90. The monoisotopic (exact) mass is 333 g/mol. The molecule has 0 amide bonds. The minimum atomic E-state index is -0.0248. The molecule has 0 saturated carbocycles. The number of rotatable bonds is 5. The van der Waals surface area contributed by atoms with Crippen molar-refractivity contribution in [1.82, 2.24) is 0 Å². The maximum absolute atomic E-state index is 12.9. The van der Waals surface area contributed by atoms with Gasteiger partial charge in [0, 0.05) is 28.0 Å². The lowest BCUT2D eigenvalue weighted by atomic mass is 9.97. The zero-order valence-corrected chi connectivity index (χ0v) is 13.7. The van der Waals surface area contributed by atoms with E-state index in [-0.39, 0.29) is 5.78 Å². The van der Waals surface area contributed by atoms with Crippen LogP contribution in [0.2, 0.25) is 5.02 Å². The summed E-state index contributed by atoms with van der Waals surface area (Å²) < 4.78 is 0. The number of benzene rings is 3. The minimum absolute atomic E-state index is 0.0248. The van der Waals surface area contributed by atoms with E-state index in [0.717, 1.165) is 11.3 Å². The fourth-order valence-electron chi connectivity index (χ4n) is 2.34. The van der Waals surface area contributed by atoms with Gasteiger partial charge in [0.2, 0.25) is 0 Å². The van der Waals surface area contributed by atoms with Crippen molar-refractivity contribution in [3.05, 3.63) is 107 Å². The molecule has 0 aromatic heterocycles. The van der Waals surface area contributed by atoms with Crippen LogP contribution in [0.25, 0.3) is 5.57 Å². The summed E-state index contributed by atoms with van der Waals surface area (Å²) in [5.74, 6) is -0.0248. The molecular weight excluding hydrogens is 318 g/mol. The van der Waals surface area contributed by atoms with Crippen molar-refractivity contribution >= 4 is 28.6 Å². The third kappa shape index (κ3) is 3.92. The molecule has 0 radical (unpaired) electrons. The van der Waals surface area contributed by atoms with Crippen molar-refractivity contribution in [1.29, 1.82) is 0 Å². The number of nitrogens with one attached hydrogen (secondary N) is 1. The highest BCUT2D eigenvalue weighted by Crippen LogP contribution is 2.21. The van der Waals surface area contributed by atoms with Gasteiger partial charge in [-0.1, -0.05) is 72.3 Å². The first-order chi connectivity index (χ1) is 11.7. The van der Waals surface area contributed by atoms with Crippen LogP contribution < -0.4 is 5.32 Å². The molecule has 3 heteroatoms. The second-order valence-electron chi connectivity index (χ2n) is 5.27. The average molecular weight is 334 g/mol. The number of ketones is 1. The van der Waals surface area contributed by atoms with E-state index in [2.05, 4.69) is 5.32 Å². The lowest BCUT2D eigenvalue weighted by molar-refractivity contribution is 0.105. The first kappa shape index (κ1) is 16.0. The highest BCUT2D eigenvalue weighted by molar-refractivity contribution is 6.30. The van der Waals surface area contributed by atoms with Gasteiger partial charge in [-0.15, -0.1) is 0 Å². The highest BCUT2D eigenvalue weighted by Gasteiger charge is 2.13. The zero-order chi connectivity index (χ0) is 16.8. The molecule has 3 aromatic carbocycles. The van der Waals surface area contributed by atoms with E-state index in [1.54, 1.807) is 18.3 Å². The van der Waals surface area contributed by atoms with Crippen LogP contribution in [-0.4, -0.2) is 5.78 Å². The second-order valence-corrected chi connectivity index (χ2v) is 5.71. The number of hydrogen-bond acceptors (Lipinski definition) is 2. The van der Waals surface area contributed by atoms with Gasteiger partial charge in [-0.25, -0.2) is 0 Å². The molecule has 0 aliphatic rings. The van der Waals surface area contributed by atoms with Crippen LogP contribution in [-0.2, 0) is 0 Å². The molecule has 0 atom stereocenters. The van der Waals surface area contributed by atoms with Crippen molar-refractivity contribution in [2.45, 2.75) is 0 Å². The van der Waals surface area contributed by atoms with Crippen LogP contribution in [0, 0.1) is 0 Å².